The van der Waals surface area contributed by atoms with Crippen LogP contribution in [0.3, 0.4) is 0 Å². The van der Waals surface area contributed by atoms with Gasteiger partial charge in [0.05, 0.1) is 0 Å². The van der Waals surface area contributed by atoms with E-state index in [0.29, 0.717) is 6.54 Å². The third-order valence-corrected chi connectivity index (χ3v) is 1.76. The number of hydrogen-bond acceptors (Lipinski definition) is 2. The van der Waals surface area contributed by atoms with Crippen LogP contribution in [-0.4, -0.2) is 12.3 Å². The molecule has 0 aromatic heterocycles. The van der Waals surface area contributed by atoms with E-state index in [0.717, 1.165) is 11.1 Å². The van der Waals surface area contributed by atoms with Crippen molar-refractivity contribution in [2.24, 2.45) is 5.73 Å². The molecule has 0 aliphatic heterocycles. The zero-order valence-electron chi connectivity index (χ0n) is 7.66. The number of rotatable bonds is 3. The Morgan fingerprint density at radius 3 is 2.46 bits per heavy atom. The number of benzene rings is 1. The van der Waals surface area contributed by atoms with Crippen molar-refractivity contribution < 1.29 is 4.79 Å². The minimum absolute atomic E-state index is 0.0920. The molecule has 2 N–H and O–H groups in total. The molecule has 1 aromatic rings. The van der Waals surface area contributed by atoms with Gasteiger partial charge in [-0.3, -0.25) is 4.79 Å². The number of hydrogen-bond donors (Lipinski definition) is 1. The van der Waals surface area contributed by atoms with Crippen molar-refractivity contribution >= 4 is 11.9 Å². The highest BCUT2D eigenvalue weighted by molar-refractivity contribution is 5.94. The molecule has 0 atom stereocenters. The van der Waals surface area contributed by atoms with E-state index in [9.17, 15) is 4.79 Å². The third-order valence-electron chi connectivity index (χ3n) is 1.76. The summed E-state index contributed by atoms with van der Waals surface area (Å²) in [4.78, 5) is 10.9. The predicted molar refractivity (Wildman–Crippen MR) is 54.5 cm³/mol. The Bertz CT molecular complexity index is 311. The molecule has 0 heterocycles. The van der Waals surface area contributed by atoms with E-state index in [4.69, 9.17) is 5.73 Å². The average molecular weight is 175 g/mol. The molecule has 0 bridgehead atoms. The lowest BCUT2D eigenvalue weighted by Crippen LogP contribution is -1.92. The van der Waals surface area contributed by atoms with E-state index in [1.54, 1.807) is 6.92 Å². The number of Topliss-reactive ketones (excluding diaryl/α,β-unsaturated/α-hetero) is 1. The number of ketones is 1. The molecule has 0 saturated carbocycles. The fraction of sp³-hybridized carbons (Fsp3) is 0.182. The average Bonchev–Trinajstić information content (AvgIpc) is 2.15. The quantitative estimate of drug-likeness (QED) is 0.712. The summed E-state index contributed by atoms with van der Waals surface area (Å²) in [6, 6.07) is 7.45. The molecule has 13 heavy (non-hydrogen) atoms. The van der Waals surface area contributed by atoms with Gasteiger partial charge in [0.1, 0.15) is 0 Å². The second-order valence-corrected chi connectivity index (χ2v) is 2.82. The molecule has 0 aliphatic rings. The minimum Gasteiger partial charge on any atom is -0.327 e. The maximum Gasteiger partial charge on any atom is 0.159 e. The fourth-order valence-corrected chi connectivity index (χ4v) is 1.03. The molecule has 1 rings (SSSR count). The normalized spacial score (nSPS) is 10.6. The fourth-order valence-electron chi connectivity index (χ4n) is 1.03. The number of carbonyl (C=O) groups excluding carboxylic acids is 1. The lowest BCUT2D eigenvalue weighted by Gasteiger charge is -1.96. The highest BCUT2D eigenvalue weighted by atomic mass is 16.1. The molecule has 0 fully saturated rings. The van der Waals surface area contributed by atoms with Crippen LogP contribution in [0.5, 0.6) is 0 Å². The minimum atomic E-state index is 0.0920. The van der Waals surface area contributed by atoms with Crippen LogP contribution >= 0.6 is 0 Å². The van der Waals surface area contributed by atoms with Crippen LogP contribution in [0.1, 0.15) is 22.8 Å². The van der Waals surface area contributed by atoms with Gasteiger partial charge < -0.3 is 5.73 Å². The summed E-state index contributed by atoms with van der Waals surface area (Å²) in [7, 11) is 0. The van der Waals surface area contributed by atoms with Crippen LogP contribution in [0.4, 0.5) is 0 Å². The molecular weight excluding hydrogens is 162 g/mol. The van der Waals surface area contributed by atoms with Gasteiger partial charge in [-0.2, -0.15) is 0 Å². The third kappa shape index (κ3) is 2.84. The molecule has 68 valence electrons. The first-order valence-electron chi connectivity index (χ1n) is 4.21. The number of nitrogens with two attached hydrogens (primary N) is 1. The van der Waals surface area contributed by atoms with E-state index in [1.165, 1.54) is 0 Å². The molecule has 0 amide bonds. The Kier molecular flexibility index (Phi) is 3.41. The lowest BCUT2D eigenvalue weighted by atomic mass is 10.1. The zero-order chi connectivity index (χ0) is 9.68. The summed E-state index contributed by atoms with van der Waals surface area (Å²) in [5, 5.41) is 0. The largest absolute Gasteiger partial charge is 0.327 e. The molecule has 0 radical (unpaired) electrons. The first kappa shape index (κ1) is 9.68. The molecule has 1 aromatic carbocycles. The van der Waals surface area contributed by atoms with Crippen molar-refractivity contribution in [2.45, 2.75) is 6.92 Å². The molecule has 2 nitrogen and oxygen atoms in total. The summed E-state index contributed by atoms with van der Waals surface area (Å²) in [6.07, 6.45) is 3.81. The van der Waals surface area contributed by atoms with Crippen molar-refractivity contribution in [3.8, 4) is 0 Å². The predicted octanol–water partition coefficient (Wildman–Crippen LogP) is 1.86. The van der Waals surface area contributed by atoms with Crippen molar-refractivity contribution in [3.63, 3.8) is 0 Å². The van der Waals surface area contributed by atoms with E-state index >= 15 is 0 Å². The topological polar surface area (TPSA) is 43.1 Å². The summed E-state index contributed by atoms with van der Waals surface area (Å²) in [6.45, 7) is 2.10. The van der Waals surface area contributed by atoms with Crippen LogP contribution in [0.2, 0.25) is 0 Å². The summed E-state index contributed by atoms with van der Waals surface area (Å²) in [5.41, 5.74) is 7.12. The lowest BCUT2D eigenvalue weighted by molar-refractivity contribution is 0.101. The first-order chi connectivity index (χ1) is 6.24. The summed E-state index contributed by atoms with van der Waals surface area (Å²) in [5.74, 6) is 0.0920. The highest BCUT2D eigenvalue weighted by Crippen LogP contribution is 2.06. The van der Waals surface area contributed by atoms with Crippen molar-refractivity contribution in [3.05, 3.63) is 41.5 Å². The van der Waals surface area contributed by atoms with Gasteiger partial charge in [0, 0.05) is 12.1 Å². The van der Waals surface area contributed by atoms with Crippen LogP contribution in [0.15, 0.2) is 30.3 Å². The van der Waals surface area contributed by atoms with Gasteiger partial charge >= 0.3 is 0 Å². The second-order valence-electron chi connectivity index (χ2n) is 2.82. The van der Waals surface area contributed by atoms with E-state index in [1.807, 2.05) is 36.4 Å². The van der Waals surface area contributed by atoms with E-state index < -0.39 is 0 Å². The van der Waals surface area contributed by atoms with Gasteiger partial charge in [-0.1, -0.05) is 36.4 Å². The summed E-state index contributed by atoms with van der Waals surface area (Å²) < 4.78 is 0. The Morgan fingerprint density at radius 1 is 1.38 bits per heavy atom. The maximum atomic E-state index is 10.9. The Morgan fingerprint density at radius 2 is 2.00 bits per heavy atom. The molecular formula is C11H13NO. The van der Waals surface area contributed by atoms with Gasteiger partial charge in [0.25, 0.3) is 0 Å². The van der Waals surface area contributed by atoms with Gasteiger partial charge in [-0.05, 0) is 12.5 Å². The van der Waals surface area contributed by atoms with Crippen LogP contribution < -0.4 is 5.73 Å². The standard InChI is InChI=1S/C11H13NO/c1-9(13)11-6-4-10(5-7-11)3-2-8-12/h2-7H,8,12H2,1H3/b3-2+. The van der Waals surface area contributed by atoms with Crippen molar-refractivity contribution in [2.75, 3.05) is 6.54 Å². The Hall–Kier alpha value is -1.41. The van der Waals surface area contributed by atoms with Gasteiger partial charge in [0.15, 0.2) is 5.78 Å². The zero-order valence-corrected chi connectivity index (χ0v) is 7.66. The van der Waals surface area contributed by atoms with Crippen molar-refractivity contribution in [1.29, 1.82) is 0 Å². The first-order valence-corrected chi connectivity index (χ1v) is 4.21. The van der Waals surface area contributed by atoms with Crippen LogP contribution in [0, 0.1) is 0 Å². The molecule has 0 unspecified atom stereocenters. The molecule has 2 heteroatoms. The molecule has 0 spiro atoms. The van der Waals surface area contributed by atoms with E-state index in [2.05, 4.69) is 0 Å². The smallest absolute Gasteiger partial charge is 0.159 e. The second kappa shape index (κ2) is 4.58. The van der Waals surface area contributed by atoms with E-state index in [-0.39, 0.29) is 5.78 Å². The Balaban J connectivity index is 2.81. The molecule has 0 saturated heterocycles. The van der Waals surface area contributed by atoms with Gasteiger partial charge in [0.2, 0.25) is 0 Å². The number of carbonyl (C=O) groups is 1. The maximum absolute atomic E-state index is 10.9. The van der Waals surface area contributed by atoms with Crippen molar-refractivity contribution in [1.82, 2.24) is 0 Å². The highest BCUT2D eigenvalue weighted by Gasteiger charge is 1.96. The molecule has 0 aliphatic carbocycles. The van der Waals surface area contributed by atoms with Gasteiger partial charge in [-0.25, -0.2) is 0 Å². The van der Waals surface area contributed by atoms with Gasteiger partial charge in [-0.15, -0.1) is 0 Å². The summed E-state index contributed by atoms with van der Waals surface area (Å²) >= 11 is 0. The van der Waals surface area contributed by atoms with Crippen LogP contribution in [-0.2, 0) is 0 Å². The van der Waals surface area contributed by atoms with Crippen LogP contribution in [0.25, 0.3) is 6.08 Å². The SMILES string of the molecule is CC(=O)c1ccc(/C=C/CN)cc1. The Labute approximate surface area is 78.1 Å². The monoisotopic (exact) mass is 175 g/mol.